The van der Waals surface area contributed by atoms with E-state index >= 15 is 0 Å². The molecule has 3 rings (SSSR count). The topological polar surface area (TPSA) is 35.6 Å². The number of aryl methyl sites for hydroxylation is 2. The predicted molar refractivity (Wildman–Crippen MR) is 85.6 cm³/mol. The first-order valence-electron chi connectivity index (χ1n) is 7.21. The number of aromatic nitrogens is 4. The fraction of sp³-hybridized carbons (Fsp3) is 0.714. The molecule has 2 heterocycles. The summed E-state index contributed by atoms with van der Waals surface area (Å²) < 4.78 is 4.33. The van der Waals surface area contributed by atoms with E-state index in [1.807, 2.05) is 23.5 Å². The minimum Gasteiger partial charge on any atom is -0.309 e. The Balaban J connectivity index is 2.11. The molecule has 0 radical (unpaired) electrons. The molecule has 1 aliphatic rings. The van der Waals surface area contributed by atoms with Gasteiger partial charge in [0.15, 0.2) is 5.65 Å². The van der Waals surface area contributed by atoms with E-state index in [1.165, 1.54) is 19.3 Å². The smallest absolute Gasteiger partial charge is 0.158 e. The number of hydrogen-bond acceptors (Lipinski definition) is 3. The molecule has 1 aliphatic carbocycles. The number of fused-ring (bicyclic) bond motifs is 1. The van der Waals surface area contributed by atoms with Gasteiger partial charge in [-0.3, -0.25) is 4.68 Å². The number of thioether (sulfide) groups is 1. The molecule has 0 aliphatic heterocycles. The first kappa shape index (κ1) is 14.3. The van der Waals surface area contributed by atoms with E-state index in [1.54, 1.807) is 0 Å². The third-order valence-electron chi connectivity index (χ3n) is 4.32. The second kappa shape index (κ2) is 5.60. The van der Waals surface area contributed by atoms with E-state index < -0.39 is 0 Å². The quantitative estimate of drug-likeness (QED) is 0.810. The molecule has 2 unspecified atom stereocenters. The first-order chi connectivity index (χ1) is 9.69. The van der Waals surface area contributed by atoms with Crippen LogP contribution in [-0.4, -0.2) is 30.8 Å². The van der Waals surface area contributed by atoms with E-state index in [-0.39, 0.29) is 0 Å². The molecular formula is C14H21ClN4S. The van der Waals surface area contributed by atoms with Crippen LogP contribution in [0.5, 0.6) is 0 Å². The molecule has 0 spiro atoms. The Morgan fingerprint density at radius 1 is 1.40 bits per heavy atom. The maximum atomic E-state index is 6.14. The summed E-state index contributed by atoms with van der Waals surface area (Å²) in [5, 5.41) is 5.36. The Labute approximate surface area is 128 Å². The molecule has 0 N–H and O–H groups in total. The number of alkyl halides is 1. The molecule has 2 atom stereocenters. The number of imidazole rings is 1. The van der Waals surface area contributed by atoms with Gasteiger partial charge in [0, 0.05) is 18.3 Å². The summed E-state index contributed by atoms with van der Waals surface area (Å²) in [5.41, 5.74) is 3.26. The highest BCUT2D eigenvalue weighted by Gasteiger charge is 2.30. The second-order valence-electron chi connectivity index (χ2n) is 5.45. The van der Waals surface area contributed by atoms with Gasteiger partial charge in [-0.15, -0.1) is 11.6 Å². The predicted octanol–water partition coefficient (Wildman–Crippen LogP) is 3.53. The number of rotatable bonds is 4. The van der Waals surface area contributed by atoms with Crippen molar-refractivity contribution >= 4 is 34.5 Å². The molecular weight excluding hydrogens is 292 g/mol. The van der Waals surface area contributed by atoms with Crippen molar-refractivity contribution in [1.82, 2.24) is 19.3 Å². The zero-order valence-corrected chi connectivity index (χ0v) is 13.8. The average molecular weight is 313 g/mol. The van der Waals surface area contributed by atoms with Crippen LogP contribution < -0.4 is 0 Å². The van der Waals surface area contributed by atoms with Gasteiger partial charge in [0.2, 0.25) is 0 Å². The molecule has 0 amide bonds. The maximum absolute atomic E-state index is 6.14. The minimum atomic E-state index is 0.471. The SMILES string of the molecule is CCc1nn(C)c2c1nc(CCl)n2C1CCC(SC)C1. The fourth-order valence-corrected chi connectivity index (χ4v) is 4.30. The van der Waals surface area contributed by atoms with Gasteiger partial charge >= 0.3 is 0 Å². The fourth-order valence-electron chi connectivity index (χ4n) is 3.33. The number of halogens is 1. The Kier molecular flexibility index (Phi) is 4.00. The molecule has 20 heavy (non-hydrogen) atoms. The number of nitrogens with zero attached hydrogens (tertiary/aromatic N) is 4. The van der Waals surface area contributed by atoms with E-state index in [2.05, 4.69) is 22.8 Å². The lowest BCUT2D eigenvalue weighted by Gasteiger charge is -2.16. The molecule has 1 fully saturated rings. The standard InChI is InChI=1S/C14H21ClN4S/c1-4-11-13-14(18(2)17-11)19(12(8-15)16-13)9-5-6-10(7-9)20-3/h9-10H,4-8H2,1-3H3. The largest absolute Gasteiger partial charge is 0.309 e. The van der Waals surface area contributed by atoms with Crippen LogP contribution in [0, 0.1) is 0 Å². The van der Waals surface area contributed by atoms with Crippen LogP contribution in [0.25, 0.3) is 11.2 Å². The van der Waals surface area contributed by atoms with Gasteiger partial charge in [0.1, 0.15) is 11.3 Å². The Morgan fingerprint density at radius 2 is 2.20 bits per heavy atom. The van der Waals surface area contributed by atoms with Gasteiger partial charge in [-0.25, -0.2) is 4.98 Å². The van der Waals surface area contributed by atoms with Crippen LogP contribution in [0.2, 0.25) is 0 Å². The Hall–Kier alpha value is -0.680. The highest BCUT2D eigenvalue weighted by atomic mass is 35.5. The molecule has 2 aromatic heterocycles. The van der Waals surface area contributed by atoms with Gasteiger partial charge in [-0.2, -0.15) is 16.9 Å². The average Bonchev–Trinajstić information content (AvgIpc) is 3.13. The molecule has 6 heteroatoms. The second-order valence-corrected chi connectivity index (χ2v) is 6.86. The molecule has 0 aromatic carbocycles. The van der Waals surface area contributed by atoms with E-state index in [4.69, 9.17) is 16.6 Å². The summed E-state index contributed by atoms with van der Waals surface area (Å²) in [6.07, 6.45) is 6.83. The summed E-state index contributed by atoms with van der Waals surface area (Å²) in [7, 11) is 2.01. The molecule has 0 saturated heterocycles. The molecule has 4 nitrogen and oxygen atoms in total. The van der Waals surface area contributed by atoms with Gasteiger partial charge in [-0.1, -0.05) is 6.92 Å². The third-order valence-corrected chi connectivity index (χ3v) is 5.65. The third kappa shape index (κ3) is 2.15. The maximum Gasteiger partial charge on any atom is 0.158 e. The van der Waals surface area contributed by atoms with Gasteiger partial charge in [0.25, 0.3) is 0 Å². The van der Waals surface area contributed by atoms with Crippen LogP contribution >= 0.6 is 23.4 Å². The lowest BCUT2D eigenvalue weighted by atomic mass is 10.2. The van der Waals surface area contributed by atoms with Crippen molar-refractivity contribution in [1.29, 1.82) is 0 Å². The van der Waals surface area contributed by atoms with Crippen LogP contribution in [0.15, 0.2) is 0 Å². The van der Waals surface area contributed by atoms with Crippen LogP contribution in [0.4, 0.5) is 0 Å². The Morgan fingerprint density at radius 3 is 2.80 bits per heavy atom. The van der Waals surface area contributed by atoms with Crippen molar-refractivity contribution in [2.75, 3.05) is 6.26 Å². The number of hydrogen-bond donors (Lipinski definition) is 0. The first-order valence-corrected chi connectivity index (χ1v) is 9.03. The summed E-state index contributed by atoms with van der Waals surface area (Å²) in [4.78, 5) is 4.76. The van der Waals surface area contributed by atoms with Crippen molar-refractivity contribution in [2.45, 2.75) is 49.8 Å². The molecule has 0 bridgehead atoms. The lowest BCUT2D eigenvalue weighted by Crippen LogP contribution is -2.12. The highest BCUT2D eigenvalue weighted by molar-refractivity contribution is 7.99. The summed E-state index contributed by atoms with van der Waals surface area (Å²) >= 11 is 8.12. The van der Waals surface area contributed by atoms with Crippen LogP contribution in [0.3, 0.4) is 0 Å². The van der Waals surface area contributed by atoms with E-state index in [9.17, 15) is 0 Å². The van der Waals surface area contributed by atoms with Crippen LogP contribution in [0.1, 0.15) is 43.7 Å². The van der Waals surface area contributed by atoms with Gasteiger partial charge in [-0.05, 0) is 31.9 Å². The Bertz CT molecular complexity index is 618. The lowest BCUT2D eigenvalue weighted by molar-refractivity contribution is 0.507. The van der Waals surface area contributed by atoms with E-state index in [0.717, 1.165) is 34.4 Å². The van der Waals surface area contributed by atoms with Crippen molar-refractivity contribution in [2.24, 2.45) is 7.05 Å². The summed E-state index contributed by atoms with van der Waals surface area (Å²) in [5.74, 6) is 1.47. The van der Waals surface area contributed by atoms with Gasteiger partial charge < -0.3 is 4.57 Å². The summed E-state index contributed by atoms with van der Waals surface area (Å²) in [6, 6.07) is 0.520. The van der Waals surface area contributed by atoms with Crippen molar-refractivity contribution in [3.63, 3.8) is 0 Å². The van der Waals surface area contributed by atoms with E-state index in [0.29, 0.717) is 11.9 Å². The summed E-state index contributed by atoms with van der Waals surface area (Å²) in [6.45, 7) is 2.13. The molecule has 2 aromatic rings. The monoisotopic (exact) mass is 312 g/mol. The highest BCUT2D eigenvalue weighted by Crippen LogP contribution is 2.39. The molecule has 110 valence electrons. The normalized spacial score (nSPS) is 23.0. The molecule has 1 saturated carbocycles. The zero-order valence-electron chi connectivity index (χ0n) is 12.3. The van der Waals surface area contributed by atoms with Crippen LogP contribution in [-0.2, 0) is 19.3 Å². The van der Waals surface area contributed by atoms with Gasteiger partial charge in [0.05, 0.1) is 11.6 Å². The van der Waals surface area contributed by atoms with Crippen molar-refractivity contribution in [3.05, 3.63) is 11.5 Å². The van der Waals surface area contributed by atoms with Crippen molar-refractivity contribution in [3.8, 4) is 0 Å². The minimum absolute atomic E-state index is 0.471. The van der Waals surface area contributed by atoms with Crippen molar-refractivity contribution < 1.29 is 0 Å². The zero-order chi connectivity index (χ0) is 14.3.